The molecular weight excluding hydrogens is 320 g/mol. The predicted octanol–water partition coefficient (Wildman–Crippen LogP) is 3.66. The van der Waals surface area contributed by atoms with Crippen LogP contribution in [0.1, 0.15) is 35.2 Å². The molecule has 4 rings (SSSR count). The van der Waals surface area contributed by atoms with Gasteiger partial charge in [0.2, 0.25) is 0 Å². The number of fused-ring (bicyclic) bond motifs is 1. The van der Waals surface area contributed by atoms with Gasteiger partial charge in [0.25, 0.3) is 0 Å². The number of hydrogen-bond donors (Lipinski definition) is 1. The van der Waals surface area contributed by atoms with E-state index in [1.54, 1.807) is 6.07 Å². The van der Waals surface area contributed by atoms with Gasteiger partial charge in [-0.3, -0.25) is 4.79 Å². The number of esters is 1. The largest absolute Gasteiger partial charge is 0.492 e. The number of hydrogen-bond acceptors (Lipinski definition) is 4. The van der Waals surface area contributed by atoms with Gasteiger partial charge in [-0.05, 0) is 30.5 Å². The first-order valence-corrected chi connectivity index (χ1v) is 8.35. The van der Waals surface area contributed by atoms with Crippen molar-refractivity contribution in [2.24, 2.45) is 5.41 Å². The Morgan fingerprint density at radius 1 is 1.08 bits per heavy atom. The van der Waals surface area contributed by atoms with Gasteiger partial charge in [0.15, 0.2) is 0 Å². The summed E-state index contributed by atoms with van der Waals surface area (Å²) in [7, 11) is 0. The van der Waals surface area contributed by atoms with Gasteiger partial charge in [0.05, 0.1) is 5.56 Å². The number of carbonyl (C=O) groups is 2. The normalized spacial score (nSPS) is 17.4. The SMILES string of the molecule is O=C1OCc2c1cccc2-c1ccccc1OCC1(C(=O)O)CCC1. The molecule has 0 spiro atoms. The maximum absolute atomic E-state index is 11.8. The van der Waals surface area contributed by atoms with Crippen molar-refractivity contribution < 1.29 is 24.2 Å². The van der Waals surface area contributed by atoms with Gasteiger partial charge < -0.3 is 14.6 Å². The predicted molar refractivity (Wildman–Crippen MR) is 90.4 cm³/mol. The van der Waals surface area contributed by atoms with Gasteiger partial charge in [0, 0.05) is 11.1 Å². The molecule has 128 valence electrons. The zero-order valence-electron chi connectivity index (χ0n) is 13.7. The molecule has 1 fully saturated rings. The summed E-state index contributed by atoms with van der Waals surface area (Å²) in [5.74, 6) is -0.479. The molecule has 1 heterocycles. The monoisotopic (exact) mass is 338 g/mol. The third-order valence-corrected chi connectivity index (χ3v) is 5.19. The van der Waals surface area contributed by atoms with Gasteiger partial charge in [-0.15, -0.1) is 0 Å². The van der Waals surface area contributed by atoms with Gasteiger partial charge >= 0.3 is 11.9 Å². The van der Waals surface area contributed by atoms with Crippen molar-refractivity contribution in [1.82, 2.24) is 0 Å². The van der Waals surface area contributed by atoms with E-state index in [0.29, 0.717) is 24.2 Å². The zero-order chi connectivity index (χ0) is 17.4. The van der Waals surface area contributed by atoms with Crippen LogP contribution < -0.4 is 4.74 Å². The van der Waals surface area contributed by atoms with E-state index in [1.807, 2.05) is 36.4 Å². The van der Waals surface area contributed by atoms with E-state index in [9.17, 15) is 14.7 Å². The van der Waals surface area contributed by atoms with Crippen LogP contribution in [-0.4, -0.2) is 23.7 Å². The smallest absolute Gasteiger partial charge is 0.338 e. The minimum absolute atomic E-state index is 0.157. The van der Waals surface area contributed by atoms with Crippen LogP contribution in [-0.2, 0) is 16.1 Å². The number of aliphatic carboxylic acids is 1. The zero-order valence-corrected chi connectivity index (χ0v) is 13.7. The first kappa shape index (κ1) is 15.7. The molecular formula is C20H18O5. The lowest BCUT2D eigenvalue weighted by molar-refractivity contribution is -0.157. The van der Waals surface area contributed by atoms with Crippen molar-refractivity contribution in [2.45, 2.75) is 25.9 Å². The fourth-order valence-corrected chi connectivity index (χ4v) is 3.46. The molecule has 5 nitrogen and oxygen atoms in total. The molecule has 0 radical (unpaired) electrons. The summed E-state index contributed by atoms with van der Waals surface area (Å²) in [4.78, 5) is 23.3. The summed E-state index contributed by atoms with van der Waals surface area (Å²) >= 11 is 0. The highest BCUT2D eigenvalue weighted by Gasteiger charge is 2.45. The maximum atomic E-state index is 11.8. The van der Waals surface area contributed by atoms with E-state index < -0.39 is 11.4 Å². The van der Waals surface area contributed by atoms with Crippen LogP contribution >= 0.6 is 0 Å². The lowest BCUT2D eigenvalue weighted by atomic mass is 9.69. The molecule has 0 amide bonds. The summed E-state index contributed by atoms with van der Waals surface area (Å²) in [6, 6.07) is 13.0. The number of carbonyl (C=O) groups excluding carboxylic acids is 1. The molecule has 2 aromatic rings. The Kier molecular flexibility index (Phi) is 3.71. The van der Waals surface area contributed by atoms with Crippen LogP contribution in [0, 0.1) is 5.41 Å². The molecule has 1 aliphatic carbocycles. The summed E-state index contributed by atoms with van der Waals surface area (Å²) in [5.41, 5.74) is 2.38. The number of benzene rings is 2. The van der Waals surface area contributed by atoms with Gasteiger partial charge in [-0.1, -0.05) is 36.8 Å². The summed E-state index contributed by atoms with van der Waals surface area (Å²) in [6.07, 6.45) is 2.21. The molecule has 0 atom stereocenters. The molecule has 25 heavy (non-hydrogen) atoms. The van der Waals surface area contributed by atoms with Gasteiger partial charge in [0.1, 0.15) is 24.4 Å². The Balaban J connectivity index is 1.67. The minimum Gasteiger partial charge on any atom is -0.492 e. The van der Waals surface area contributed by atoms with Crippen molar-refractivity contribution in [3.63, 3.8) is 0 Å². The summed E-state index contributed by atoms with van der Waals surface area (Å²) < 4.78 is 11.1. The summed E-state index contributed by atoms with van der Waals surface area (Å²) in [6.45, 7) is 0.404. The van der Waals surface area contributed by atoms with Crippen LogP contribution in [0.25, 0.3) is 11.1 Å². The third-order valence-electron chi connectivity index (χ3n) is 5.19. The highest BCUT2D eigenvalue weighted by molar-refractivity contribution is 5.96. The average Bonchev–Trinajstić information content (AvgIpc) is 2.95. The Morgan fingerprint density at radius 3 is 2.52 bits per heavy atom. The van der Waals surface area contributed by atoms with Crippen molar-refractivity contribution in [2.75, 3.05) is 6.61 Å². The number of para-hydroxylation sites is 1. The molecule has 2 aliphatic rings. The number of carboxylic acid groups (broad SMARTS) is 1. The van der Waals surface area contributed by atoms with Crippen molar-refractivity contribution in [3.05, 3.63) is 53.6 Å². The quantitative estimate of drug-likeness (QED) is 0.842. The van der Waals surface area contributed by atoms with E-state index in [4.69, 9.17) is 9.47 Å². The minimum atomic E-state index is -0.796. The highest BCUT2D eigenvalue weighted by atomic mass is 16.5. The molecule has 0 saturated heterocycles. The van der Waals surface area contributed by atoms with Crippen LogP contribution in [0.5, 0.6) is 5.75 Å². The van der Waals surface area contributed by atoms with Crippen LogP contribution in [0.4, 0.5) is 0 Å². The Labute approximate surface area is 145 Å². The standard InChI is InChI=1S/C20H18O5/c21-18-15-7-3-6-13(16(15)11-24-18)14-5-1-2-8-17(14)25-12-20(19(22)23)9-4-10-20/h1-3,5-8H,4,9-12H2,(H,22,23). The average molecular weight is 338 g/mol. The van der Waals surface area contributed by atoms with E-state index in [1.165, 1.54) is 0 Å². The van der Waals surface area contributed by atoms with E-state index in [-0.39, 0.29) is 19.2 Å². The third kappa shape index (κ3) is 2.56. The molecule has 0 bridgehead atoms. The molecule has 2 aromatic carbocycles. The molecule has 1 saturated carbocycles. The van der Waals surface area contributed by atoms with Crippen molar-refractivity contribution in [3.8, 4) is 16.9 Å². The first-order valence-electron chi connectivity index (χ1n) is 8.35. The first-order chi connectivity index (χ1) is 12.1. The van der Waals surface area contributed by atoms with Crippen molar-refractivity contribution >= 4 is 11.9 Å². The fraction of sp³-hybridized carbons (Fsp3) is 0.300. The van der Waals surface area contributed by atoms with Crippen LogP contribution in [0.3, 0.4) is 0 Å². The van der Waals surface area contributed by atoms with Crippen molar-refractivity contribution in [1.29, 1.82) is 0 Å². The second-order valence-electron chi connectivity index (χ2n) is 6.63. The number of carboxylic acids is 1. The lowest BCUT2D eigenvalue weighted by Crippen LogP contribution is -2.43. The topological polar surface area (TPSA) is 72.8 Å². The lowest BCUT2D eigenvalue weighted by Gasteiger charge is -2.37. The Morgan fingerprint density at radius 2 is 1.80 bits per heavy atom. The van der Waals surface area contributed by atoms with E-state index >= 15 is 0 Å². The molecule has 1 aliphatic heterocycles. The fourth-order valence-electron chi connectivity index (χ4n) is 3.46. The maximum Gasteiger partial charge on any atom is 0.338 e. The van der Waals surface area contributed by atoms with Gasteiger partial charge in [-0.25, -0.2) is 4.79 Å². The Hall–Kier alpha value is -2.82. The molecule has 5 heteroatoms. The van der Waals surface area contributed by atoms with E-state index in [0.717, 1.165) is 23.1 Å². The molecule has 0 unspecified atom stereocenters. The highest BCUT2D eigenvalue weighted by Crippen LogP contribution is 2.43. The number of rotatable bonds is 5. The van der Waals surface area contributed by atoms with Crippen LogP contribution in [0.15, 0.2) is 42.5 Å². The van der Waals surface area contributed by atoms with Crippen LogP contribution in [0.2, 0.25) is 0 Å². The molecule has 0 aromatic heterocycles. The second kappa shape index (κ2) is 5.92. The van der Waals surface area contributed by atoms with E-state index in [2.05, 4.69) is 0 Å². The second-order valence-corrected chi connectivity index (χ2v) is 6.63. The van der Waals surface area contributed by atoms with Gasteiger partial charge in [-0.2, -0.15) is 0 Å². The summed E-state index contributed by atoms with van der Waals surface area (Å²) in [5, 5.41) is 9.47. The number of ether oxygens (including phenoxy) is 2. The Bertz CT molecular complexity index is 851. The number of cyclic esters (lactones) is 1. The molecule has 1 N–H and O–H groups in total.